The molecule has 4 heteroatoms. The Morgan fingerprint density at radius 1 is 0.964 bits per heavy atom. The molecule has 0 atom stereocenters. The Morgan fingerprint density at radius 3 is 2.36 bits per heavy atom. The lowest BCUT2D eigenvalue weighted by atomic mass is 9.78. The van der Waals surface area contributed by atoms with Crippen LogP contribution >= 0.6 is 0 Å². The molecular weight excluding hydrogens is 361 g/mol. The summed E-state index contributed by atoms with van der Waals surface area (Å²) in [5, 5.41) is 0. The number of hydrogen-bond acceptors (Lipinski definition) is 1. The van der Waals surface area contributed by atoms with E-state index >= 15 is 0 Å². The van der Waals surface area contributed by atoms with Gasteiger partial charge < -0.3 is 4.74 Å². The van der Waals surface area contributed by atoms with Crippen LogP contribution in [0.5, 0.6) is 5.75 Å². The fourth-order valence-electron chi connectivity index (χ4n) is 3.95. The SMILES string of the molecule is CCOc1ccc(C2CCC(C=Cc3ccc(CC)c(F)c3)CC2)c(F)c1F. The Kier molecular flexibility index (Phi) is 6.82. The normalized spacial score (nSPS) is 19.9. The van der Waals surface area contributed by atoms with Gasteiger partial charge in [0.15, 0.2) is 11.6 Å². The molecule has 0 spiro atoms. The summed E-state index contributed by atoms with van der Waals surface area (Å²) in [6.07, 6.45) is 8.19. The van der Waals surface area contributed by atoms with E-state index in [1.807, 2.05) is 25.1 Å². The highest BCUT2D eigenvalue weighted by Crippen LogP contribution is 2.39. The van der Waals surface area contributed by atoms with Crippen LogP contribution in [0.1, 0.15) is 62.1 Å². The molecule has 0 amide bonds. The molecule has 3 rings (SSSR count). The molecule has 0 radical (unpaired) electrons. The van der Waals surface area contributed by atoms with Gasteiger partial charge in [-0.3, -0.25) is 0 Å². The van der Waals surface area contributed by atoms with Crippen LogP contribution in [-0.4, -0.2) is 6.61 Å². The molecule has 1 fully saturated rings. The van der Waals surface area contributed by atoms with Crippen LogP contribution in [0.25, 0.3) is 6.08 Å². The molecule has 1 aliphatic carbocycles. The second kappa shape index (κ2) is 9.31. The zero-order valence-electron chi connectivity index (χ0n) is 16.5. The van der Waals surface area contributed by atoms with E-state index in [-0.39, 0.29) is 17.5 Å². The quantitative estimate of drug-likeness (QED) is 0.515. The van der Waals surface area contributed by atoms with Gasteiger partial charge in [-0.25, -0.2) is 8.78 Å². The minimum Gasteiger partial charge on any atom is -0.491 e. The summed E-state index contributed by atoms with van der Waals surface area (Å²) in [4.78, 5) is 0. The minimum atomic E-state index is -0.890. The third kappa shape index (κ3) is 4.60. The molecule has 0 aromatic heterocycles. The maximum atomic E-state index is 14.4. The van der Waals surface area contributed by atoms with E-state index < -0.39 is 11.6 Å². The molecule has 1 saturated carbocycles. The summed E-state index contributed by atoms with van der Waals surface area (Å²) < 4.78 is 47.6. The standard InChI is InChI=1S/C24H27F3O/c1-3-18-10-9-17(15-21(18)25)6-5-16-7-11-19(12-8-16)20-13-14-22(28-4-2)24(27)23(20)26/h5-6,9-10,13-16,19H,3-4,7-8,11-12H2,1-2H3. The summed E-state index contributed by atoms with van der Waals surface area (Å²) in [5.41, 5.74) is 2.03. The first kappa shape index (κ1) is 20.5. The molecule has 0 aliphatic heterocycles. The van der Waals surface area contributed by atoms with Crippen molar-refractivity contribution in [2.24, 2.45) is 5.92 Å². The summed E-state index contributed by atoms with van der Waals surface area (Å²) in [6, 6.07) is 8.51. The van der Waals surface area contributed by atoms with E-state index in [2.05, 4.69) is 6.08 Å². The van der Waals surface area contributed by atoms with Gasteiger partial charge in [0.2, 0.25) is 5.82 Å². The lowest BCUT2D eigenvalue weighted by Crippen LogP contribution is -2.14. The Morgan fingerprint density at radius 2 is 1.71 bits per heavy atom. The average Bonchev–Trinajstić information content (AvgIpc) is 2.71. The summed E-state index contributed by atoms with van der Waals surface area (Å²) >= 11 is 0. The van der Waals surface area contributed by atoms with Gasteiger partial charge >= 0.3 is 0 Å². The Balaban J connectivity index is 1.62. The smallest absolute Gasteiger partial charge is 0.200 e. The van der Waals surface area contributed by atoms with Crippen molar-refractivity contribution in [2.45, 2.75) is 51.9 Å². The van der Waals surface area contributed by atoms with Crippen molar-refractivity contribution in [3.8, 4) is 5.75 Å². The van der Waals surface area contributed by atoms with E-state index in [1.54, 1.807) is 19.1 Å². The highest BCUT2D eigenvalue weighted by molar-refractivity contribution is 5.50. The zero-order chi connectivity index (χ0) is 20.1. The van der Waals surface area contributed by atoms with Crippen molar-refractivity contribution in [1.29, 1.82) is 0 Å². The molecule has 0 bridgehead atoms. The van der Waals surface area contributed by atoms with Gasteiger partial charge in [0.25, 0.3) is 0 Å². The molecule has 150 valence electrons. The molecule has 2 aromatic rings. The zero-order valence-corrected chi connectivity index (χ0v) is 16.5. The maximum absolute atomic E-state index is 14.4. The molecule has 0 heterocycles. The van der Waals surface area contributed by atoms with Crippen LogP contribution in [0.2, 0.25) is 0 Å². The van der Waals surface area contributed by atoms with Crippen molar-refractivity contribution in [3.63, 3.8) is 0 Å². The molecule has 1 nitrogen and oxygen atoms in total. The van der Waals surface area contributed by atoms with Crippen LogP contribution in [0, 0.1) is 23.4 Å². The van der Waals surface area contributed by atoms with Crippen LogP contribution < -0.4 is 4.74 Å². The molecule has 1 aliphatic rings. The van der Waals surface area contributed by atoms with Crippen LogP contribution in [0.3, 0.4) is 0 Å². The number of rotatable bonds is 6. The average molecular weight is 388 g/mol. The first-order chi connectivity index (χ1) is 13.5. The largest absolute Gasteiger partial charge is 0.491 e. The first-order valence-corrected chi connectivity index (χ1v) is 10.1. The summed E-state index contributed by atoms with van der Waals surface area (Å²) in [7, 11) is 0. The highest BCUT2D eigenvalue weighted by atomic mass is 19.2. The molecule has 28 heavy (non-hydrogen) atoms. The first-order valence-electron chi connectivity index (χ1n) is 10.1. The molecule has 0 N–H and O–H groups in total. The fraction of sp³-hybridized carbons (Fsp3) is 0.417. The monoisotopic (exact) mass is 388 g/mol. The Labute approximate surface area is 165 Å². The third-order valence-electron chi connectivity index (χ3n) is 5.61. The number of halogens is 3. The Bertz CT molecular complexity index is 836. The van der Waals surface area contributed by atoms with Gasteiger partial charge in [0.05, 0.1) is 6.61 Å². The van der Waals surface area contributed by atoms with Gasteiger partial charge in [0, 0.05) is 0 Å². The second-order valence-electron chi connectivity index (χ2n) is 7.39. The third-order valence-corrected chi connectivity index (χ3v) is 5.61. The van der Waals surface area contributed by atoms with Crippen LogP contribution in [0.15, 0.2) is 36.4 Å². The van der Waals surface area contributed by atoms with E-state index in [0.717, 1.165) is 36.8 Å². The lowest BCUT2D eigenvalue weighted by Gasteiger charge is -2.27. The van der Waals surface area contributed by atoms with Gasteiger partial charge in [-0.05, 0) is 79.7 Å². The van der Waals surface area contributed by atoms with Crippen molar-refractivity contribution in [2.75, 3.05) is 6.61 Å². The van der Waals surface area contributed by atoms with Gasteiger partial charge in [-0.15, -0.1) is 0 Å². The van der Waals surface area contributed by atoms with E-state index in [1.165, 1.54) is 6.07 Å². The van der Waals surface area contributed by atoms with Crippen LogP contribution in [-0.2, 0) is 6.42 Å². The number of benzene rings is 2. The second-order valence-corrected chi connectivity index (χ2v) is 7.39. The molecule has 0 saturated heterocycles. The Hall–Kier alpha value is -2.23. The minimum absolute atomic E-state index is 0.0242. The fourth-order valence-corrected chi connectivity index (χ4v) is 3.95. The molecule has 2 aromatic carbocycles. The lowest BCUT2D eigenvalue weighted by molar-refractivity contribution is 0.310. The predicted molar refractivity (Wildman–Crippen MR) is 107 cm³/mol. The molecule has 0 unspecified atom stereocenters. The van der Waals surface area contributed by atoms with E-state index in [0.29, 0.717) is 24.5 Å². The van der Waals surface area contributed by atoms with E-state index in [4.69, 9.17) is 4.74 Å². The number of aryl methyl sites for hydroxylation is 1. The predicted octanol–water partition coefficient (Wildman–Crippen LogP) is 7.05. The van der Waals surface area contributed by atoms with Crippen molar-refractivity contribution in [3.05, 3.63) is 70.5 Å². The summed E-state index contributed by atoms with van der Waals surface area (Å²) in [5.74, 6) is -1.46. The van der Waals surface area contributed by atoms with Gasteiger partial charge in [-0.1, -0.05) is 37.3 Å². The van der Waals surface area contributed by atoms with Gasteiger partial charge in [0.1, 0.15) is 5.82 Å². The van der Waals surface area contributed by atoms with Crippen molar-refractivity contribution in [1.82, 2.24) is 0 Å². The van der Waals surface area contributed by atoms with Gasteiger partial charge in [-0.2, -0.15) is 4.39 Å². The van der Waals surface area contributed by atoms with Crippen LogP contribution in [0.4, 0.5) is 13.2 Å². The topological polar surface area (TPSA) is 9.23 Å². The number of hydrogen-bond donors (Lipinski definition) is 0. The molecular formula is C24H27F3O. The number of allylic oxidation sites excluding steroid dienone is 1. The number of ether oxygens (including phenoxy) is 1. The van der Waals surface area contributed by atoms with E-state index in [9.17, 15) is 13.2 Å². The highest BCUT2D eigenvalue weighted by Gasteiger charge is 2.25. The van der Waals surface area contributed by atoms with Crippen molar-refractivity contribution < 1.29 is 17.9 Å². The summed E-state index contributed by atoms with van der Waals surface area (Å²) in [6.45, 7) is 3.98. The maximum Gasteiger partial charge on any atom is 0.200 e. The van der Waals surface area contributed by atoms with Crippen molar-refractivity contribution >= 4 is 6.08 Å².